The second kappa shape index (κ2) is 8.45. The molecule has 0 saturated carbocycles. The number of nitrogens with one attached hydrogen (secondary N) is 1. The number of aryl methyl sites for hydroxylation is 1. The first-order valence-corrected chi connectivity index (χ1v) is 9.08. The fourth-order valence-electron chi connectivity index (χ4n) is 3.20. The van der Waals surface area contributed by atoms with E-state index in [1.807, 2.05) is 86.6 Å². The van der Waals surface area contributed by atoms with Crippen LogP contribution < -0.4 is 5.32 Å². The van der Waals surface area contributed by atoms with Crippen molar-refractivity contribution < 1.29 is 9.59 Å². The van der Waals surface area contributed by atoms with Gasteiger partial charge in [-0.25, -0.2) is 0 Å². The Balaban J connectivity index is 1.90. The van der Waals surface area contributed by atoms with E-state index in [4.69, 9.17) is 0 Å². The van der Waals surface area contributed by atoms with Crippen LogP contribution in [0.4, 0.5) is 5.69 Å². The zero-order valence-corrected chi connectivity index (χ0v) is 15.6. The SMILES string of the molecule is Cc1ccc(NC(=O)C(c2ccccc2)C(C)C(=O)c2ccccc2)cc1. The summed E-state index contributed by atoms with van der Waals surface area (Å²) in [5.41, 5.74) is 3.30. The molecule has 3 nitrogen and oxygen atoms in total. The van der Waals surface area contributed by atoms with Gasteiger partial charge in [0, 0.05) is 17.2 Å². The molecule has 3 rings (SSSR count). The number of carbonyl (C=O) groups excluding carboxylic acids is 2. The summed E-state index contributed by atoms with van der Waals surface area (Å²) in [6.07, 6.45) is 0. The maximum absolute atomic E-state index is 13.1. The van der Waals surface area contributed by atoms with Crippen molar-refractivity contribution in [2.24, 2.45) is 5.92 Å². The Hall–Kier alpha value is -3.20. The first kappa shape index (κ1) is 18.6. The van der Waals surface area contributed by atoms with E-state index in [9.17, 15) is 9.59 Å². The molecular formula is C24H23NO2. The van der Waals surface area contributed by atoms with Crippen molar-refractivity contribution in [3.05, 3.63) is 102 Å². The molecule has 2 atom stereocenters. The van der Waals surface area contributed by atoms with E-state index in [-0.39, 0.29) is 11.7 Å². The first-order valence-electron chi connectivity index (χ1n) is 9.08. The second-order valence-corrected chi connectivity index (χ2v) is 6.76. The fraction of sp³-hybridized carbons (Fsp3) is 0.167. The van der Waals surface area contributed by atoms with Gasteiger partial charge >= 0.3 is 0 Å². The lowest BCUT2D eigenvalue weighted by Crippen LogP contribution is -2.30. The molecule has 0 saturated heterocycles. The number of carbonyl (C=O) groups is 2. The summed E-state index contributed by atoms with van der Waals surface area (Å²) >= 11 is 0. The molecule has 0 radical (unpaired) electrons. The topological polar surface area (TPSA) is 46.2 Å². The Morgan fingerprint density at radius 3 is 1.93 bits per heavy atom. The highest BCUT2D eigenvalue weighted by atomic mass is 16.2. The fourth-order valence-corrected chi connectivity index (χ4v) is 3.20. The van der Waals surface area contributed by atoms with Crippen LogP contribution in [-0.2, 0) is 4.79 Å². The number of rotatable bonds is 6. The molecule has 3 aromatic carbocycles. The lowest BCUT2D eigenvalue weighted by molar-refractivity contribution is -0.118. The number of benzene rings is 3. The molecular weight excluding hydrogens is 334 g/mol. The van der Waals surface area contributed by atoms with Gasteiger partial charge in [0.15, 0.2) is 5.78 Å². The Kier molecular flexibility index (Phi) is 5.82. The highest BCUT2D eigenvalue weighted by Gasteiger charge is 2.32. The summed E-state index contributed by atoms with van der Waals surface area (Å²) in [7, 11) is 0. The zero-order valence-electron chi connectivity index (χ0n) is 15.6. The van der Waals surface area contributed by atoms with E-state index in [0.29, 0.717) is 5.56 Å². The summed E-state index contributed by atoms with van der Waals surface area (Å²) in [5, 5.41) is 2.96. The monoisotopic (exact) mass is 357 g/mol. The molecule has 0 aliphatic heterocycles. The molecule has 0 bridgehead atoms. The van der Waals surface area contributed by atoms with E-state index in [2.05, 4.69) is 5.32 Å². The summed E-state index contributed by atoms with van der Waals surface area (Å²) in [6, 6.07) is 26.3. The number of hydrogen-bond acceptors (Lipinski definition) is 2. The smallest absolute Gasteiger partial charge is 0.232 e. The quantitative estimate of drug-likeness (QED) is 0.614. The standard InChI is InChI=1S/C24H23NO2/c1-17-13-15-21(16-14-17)25-24(27)22(19-9-5-3-6-10-19)18(2)23(26)20-11-7-4-8-12-20/h3-16,18,22H,1-2H3,(H,25,27). The minimum Gasteiger partial charge on any atom is -0.326 e. The first-order chi connectivity index (χ1) is 13.1. The van der Waals surface area contributed by atoms with Crippen molar-refractivity contribution in [2.45, 2.75) is 19.8 Å². The largest absolute Gasteiger partial charge is 0.326 e. The molecule has 0 spiro atoms. The van der Waals surface area contributed by atoms with Crippen LogP contribution in [-0.4, -0.2) is 11.7 Å². The molecule has 136 valence electrons. The number of ketones is 1. The van der Waals surface area contributed by atoms with Gasteiger partial charge in [0.2, 0.25) is 5.91 Å². The normalized spacial score (nSPS) is 12.8. The highest BCUT2D eigenvalue weighted by molar-refractivity contribution is 6.04. The van der Waals surface area contributed by atoms with Crippen LogP contribution >= 0.6 is 0 Å². The maximum atomic E-state index is 13.1. The number of hydrogen-bond donors (Lipinski definition) is 1. The van der Waals surface area contributed by atoms with Gasteiger partial charge in [0.05, 0.1) is 5.92 Å². The van der Waals surface area contributed by atoms with Crippen molar-refractivity contribution in [3.8, 4) is 0 Å². The second-order valence-electron chi connectivity index (χ2n) is 6.76. The van der Waals surface area contributed by atoms with Gasteiger partial charge < -0.3 is 5.32 Å². The molecule has 1 N–H and O–H groups in total. The molecule has 0 aliphatic carbocycles. The third-order valence-corrected chi connectivity index (χ3v) is 4.73. The van der Waals surface area contributed by atoms with E-state index in [1.165, 1.54) is 0 Å². The van der Waals surface area contributed by atoms with Gasteiger partial charge in [-0.1, -0.05) is 85.3 Å². The molecule has 27 heavy (non-hydrogen) atoms. The molecule has 1 amide bonds. The third-order valence-electron chi connectivity index (χ3n) is 4.73. The van der Waals surface area contributed by atoms with E-state index < -0.39 is 11.8 Å². The highest BCUT2D eigenvalue weighted by Crippen LogP contribution is 2.29. The number of anilines is 1. The predicted octanol–water partition coefficient (Wildman–Crippen LogP) is 5.24. The summed E-state index contributed by atoms with van der Waals surface area (Å²) in [5.74, 6) is -1.27. The zero-order chi connectivity index (χ0) is 19.2. The molecule has 3 heteroatoms. The van der Waals surface area contributed by atoms with E-state index in [1.54, 1.807) is 12.1 Å². The number of Topliss-reactive ketones (excluding diaryl/α,β-unsaturated/α-hetero) is 1. The number of amides is 1. The summed E-state index contributed by atoms with van der Waals surface area (Å²) < 4.78 is 0. The van der Waals surface area contributed by atoms with E-state index in [0.717, 1.165) is 16.8 Å². The Labute approximate surface area is 160 Å². The lowest BCUT2D eigenvalue weighted by atomic mass is 9.81. The van der Waals surface area contributed by atoms with Crippen LogP contribution in [0.2, 0.25) is 0 Å². The lowest BCUT2D eigenvalue weighted by Gasteiger charge is -2.23. The predicted molar refractivity (Wildman–Crippen MR) is 109 cm³/mol. The average Bonchev–Trinajstić information content (AvgIpc) is 2.71. The van der Waals surface area contributed by atoms with Crippen LogP contribution in [0.5, 0.6) is 0 Å². The Morgan fingerprint density at radius 1 is 0.778 bits per heavy atom. The van der Waals surface area contributed by atoms with Gasteiger partial charge in [0.1, 0.15) is 0 Å². The van der Waals surface area contributed by atoms with Crippen LogP contribution in [0, 0.1) is 12.8 Å². The van der Waals surface area contributed by atoms with Gasteiger partial charge in [-0.3, -0.25) is 9.59 Å². The van der Waals surface area contributed by atoms with Crippen LogP contribution in [0.1, 0.15) is 34.3 Å². The van der Waals surface area contributed by atoms with Crippen LogP contribution in [0.25, 0.3) is 0 Å². The van der Waals surface area contributed by atoms with Crippen molar-refractivity contribution in [3.63, 3.8) is 0 Å². The van der Waals surface area contributed by atoms with Gasteiger partial charge in [0.25, 0.3) is 0 Å². The van der Waals surface area contributed by atoms with Gasteiger partial charge in [-0.2, -0.15) is 0 Å². The van der Waals surface area contributed by atoms with Crippen molar-refractivity contribution in [1.29, 1.82) is 0 Å². The van der Waals surface area contributed by atoms with Crippen molar-refractivity contribution in [2.75, 3.05) is 5.32 Å². The molecule has 3 aromatic rings. The molecule has 0 aromatic heterocycles. The summed E-state index contributed by atoms with van der Waals surface area (Å²) in [4.78, 5) is 26.1. The molecule has 0 aliphatic rings. The van der Waals surface area contributed by atoms with Crippen LogP contribution in [0.15, 0.2) is 84.9 Å². The van der Waals surface area contributed by atoms with E-state index >= 15 is 0 Å². The molecule has 2 unspecified atom stereocenters. The molecule has 0 fully saturated rings. The van der Waals surface area contributed by atoms with Crippen molar-refractivity contribution in [1.82, 2.24) is 0 Å². The third kappa shape index (κ3) is 4.50. The summed E-state index contributed by atoms with van der Waals surface area (Å²) in [6.45, 7) is 3.82. The maximum Gasteiger partial charge on any atom is 0.232 e. The van der Waals surface area contributed by atoms with Crippen molar-refractivity contribution >= 4 is 17.4 Å². The van der Waals surface area contributed by atoms with Gasteiger partial charge in [-0.15, -0.1) is 0 Å². The van der Waals surface area contributed by atoms with Gasteiger partial charge in [-0.05, 0) is 24.6 Å². The minimum atomic E-state index is -0.569. The van der Waals surface area contributed by atoms with Crippen LogP contribution in [0.3, 0.4) is 0 Å². The Morgan fingerprint density at radius 2 is 1.33 bits per heavy atom. The Bertz CT molecular complexity index is 902. The molecule has 0 heterocycles. The minimum absolute atomic E-state index is 0.0384. The average molecular weight is 357 g/mol.